The normalized spacial score (nSPS) is 11.5. The summed E-state index contributed by atoms with van der Waals surface area (Å²) in [6.45, 7) is 5.34. The summed E-state index contributed by atoms with van der Waals surface area (Å²) in [5, 5.41) is 8.82. The fourth-order valence-electron chi connectivity index (χ4n) is 1.28. The Bertz CT molecular complexity index is 481. The Morgan fingerprint density at radius 3 is 2.50 bits per heavy atom. The van der Waals surface area contributed by atoms with Crippen LogP contribution in [0.25, 0.3) is 6.08 Å². The van der Waals surface area contributed by atoms with Crippen LogP contribution in [0, 0.1) is 0 Å². The third kappa shape index (κ3) is 4.82. The number of carbonyl (C=O) groups excluding carboxylic acids is 1. The summed E-state index contributed by atoms with van der Waals surface area (Å²) in [7, 11) is 0. The van der Waals surface area contributed by atoms with Gasteiger partial charge in [0.1, 0.15) is 5.60 Å². The average molecular weight is 248 g/mol. The molecule has 0 atom stereocenters. The number of carboxylic acid groups (broad SMARTS) is 1. The Balaban J connectivity index is 2.76. The molecule has 0 aliphatic carbocycles. The van der Waals surface area contributed by atoms with Crippen molar-refractivity contribution in [1.82, 2.24) is 0 Å². The largest absolute Gasteiger partial charge is 0.478 e. The predicted molar refractivity (Wildman–Crippen MR) is 68.3 cm³/mol. The molecule has 0 aromatic heterocycles. The number of rotatable bonds is 3. The molecule has 1 aromatic carbocycles. The first-order chi connectivity index (χ1) is 8.28. The second-order valence-corrected chi connectivity index (χ2v) is 4.80. The van der Waals surface area contributed by atoms with Gasteiger partial charge < -0.3 is 9.84 Å². The molecule has 0 aliphatic heterocycles. The van der Waals surface area contributed by atoms with Crippen LogP contribution in [0.15, 0.2) is 30.3 Å². The zero-order valence-electron chi connectivity index (χ0n) is 10.6. The first-order valence-electron chi connectivity index (χ1n) is 5.52. The molecule has 0 unspecified atom stereocenters. The molecule has 1 aromatic rings. The molecule has 4 heteroatoms. The molecule has 0 radical (unpaired) electrons. The van der Waals surface area contributed by atoms with E-state index in [4.69, 9.17) is 9.84 Å². The molecule has 0 saturated heterocycles. The Hall–Kier alpha value is -2.10. The standard InChI is InChI=1S/C14H16O4/c1-14(2,3)18-12(15)8-7-10-5-4-6-11(9-10)13(16)17/h4-9H,1-3H3,(H,16,17). The smallest absolute Gasteiger partial charge is 0.335 e. The van der Waals surface area contributed by atoms with E-state index in [0.717, 1.165) is 0 Å². The van der Waals surface area contributed by atoms with Crippen LogP contribution in [0.3, 0.4) is 0 Å². The first-order valence-corrected chi connectivity index (χ1v) is 5.52. The predicted octanol–water partition coefficient (Wildman–Crippen LogP) is 2.74. The maximum absolute atomic E-state index is 11.4. The van der Waals surface area contributed by atoms with Crippen molar-refractivity contribution >= 4 is 18.0 Å². The lowest BCUT2D eigenvalue weighted by molar-refractivity contribution is -0.148. The van der Waals surface area contributed by atoms with Gasteiger partial charge in [0.2, 0.25) is 0 Å². The molecule has 0 amide bonds. The van der Waals surface area contributed by atoms with Crippen LogP contribution in [0.5, 0.6) is 0 Å². The molecule has 1 N–H and O–H groups in total. The molecule has 4 nitrogen and oxygen atoms in total. The third-order valence-electron chi connectivity index (χ3n) is 1.95. The van der Waals surface area contributed by atoms with Gasteiger partial charge in [0.15, 0.2) is 0 Å². The van der Waals surface area contributed by atoms with E-state index in [1.54, 1.807) is 32.9 Å². The van der Waals surface area contributed by atoms with Crippen LogP contribution in [0.1, 0.15) is 36.7 Å². The van der Waals surface area contributed by atoms with Crippen molar-refractivity contribution in [2.75, 3.05) is 0 Å². The highest BCUT2D eigenvalue weighted by molar-refractivity contribution is 5.90. The molecule has 0 bridgehead atoms. The zero-order chi connectivity index (χ0) is 13.8. The van der Waals surface area contributed by atoms with Crippen molar-refractivity contribution in [3.8, 4) is 0 Å². The molecule has 0 aliphatic rings. The van der Waals surface area contributed by atoms with Crippen LogP contribution in [0.4, 0.5) is 0 Å². The Kier molecular flexibility index (Phi) is 4.26. The highest BCUT2D eigenvalue weighted by Gasteiger charge is 2.13. The minimum absolute atomic E-state index is 0.182. The van der Waals surface area contributed by atoms with E-state index in [0.29, 0.717) is 5.56 Å². The van der Waals surface area contributed by atoms with Gasteiger partial charge in [-0.1, -0.05) is 12.1 Å². The van der Waals surface area contributed by atoms with Gasteiger partial charge in [0.25, 0.3) is 0 Å². The van der Waals surface area contributed by atoms with E-state index in [2.05, 4.69) is 0 Å². The summed E-state index contributed by atoms with van der Waals surface area (Å²) in [6, 6.07) is 6.32. The van der Waals surface area contributed by atoms with Gasteiger partial charge >= 0.3 is 11.9 Å². The average Bonchev–Trinajstić information content (AvgIpc) is 2.24. The number of aromatic carboxylic acids is 1. The molecule has 0 spiro atoms. The van der Waals surface area contributed by atoms with E-state index in [1.807, 2.05) is 0 Å². The lowest BCUT2D eigenvalue weighted by Crippen LogP contribution is -2.22. The molecule has 0 heterocycles. The van der Waals surface area contributed by atoms with E-state index < -0.39 is 17.5 Å². The maximum atomic E-state index is 11.4. The van der Waals surface area contributed by atoms with Crippen LogP contribution >= 0.6 is 0 Å². The molecule has 96 valence electrons. The van der Waals surface area contributed by atoms with Gasteiger partial charge in [-0.05, 0) is 44.5 Å². The van der Waals surface area contributed by atoms with Crippen LogP contribution in [-0.4, -0.2) is 22.6 Å². The molecule has 18 heavy (non-hydrogen) atoms. The SMILES string of the molecule is CC(C)(C)OC(=O)C=Cc1cccc(C(=O)O)c1. The van der Waals surface area contributed by atoms with Gasteiger partial charge in [-0.25, -0.2) is 9.59 Å². The highest BCUT2D eigenvalue weighted by Crippen LogP contribution is 2.10. The number of hydrogen-bond donors (Lipinski definition) is 1. The summed E-state index contributed by atoms with van der Waals surface area (Å²) in [6.07, 6.45) is 2.81. The summed E-state index contributed by atoms with van der Waals surface area (Å²) in [5.74, 6) is -1.45. The van der Waals surface area contributed by atoms with Crippen LogP contribution in [0.2, 0.25) is 0 Å². The monoisotopic (exact) mass is 248 g/mol. The minimum Gasteiger partial charge on any atom is -0.478 e. The molecular formula is C14H16O4. The minimum atomic E-state index is -0.998. The van der Waals surface area contributed by atoms with Gasteiger partial charge in [0.05, 0.1) is 5.56 Å². The lowest BCUT2D eigenvalue weighted by Gasteiger charge is -2.17. The highest BCUT2D eigenvalue weighted by atomic mass is 16.6. The molecular weight excluding hydrogens is 232 g/mol. The Labute approximate surface area is 106 Å². The Morgan fingerprint density at radius 2 is 1.94 bits per heavy atom. The van der Waals surface area contributed by atoms with E-state index >= 15 is 0 Å². The number of ether oxygens (including phenoxy) is 1. The van der Waals surface area contributed by atoms with Crippen molar-refractivity contribution in [2.24, 2.45) is 0 Å². The van der Waals surface area contributed by atoms with Gasteiger partial charge in [-0.2, -0.15) is 0 Å². The van der Waals surface area contributed by atoms with Crippen LogP contribution < -0.4 is 0 Å². The number of carbonyl (C=O) groups is 2. The van der Waals surface area contributed by atoms with Gasteiger partial charge in [0, 0.05) is 6.08 Å². The second kappa shape index (κ2) is 5.49. The Morgan fingerprint density at radius 1 is 1.28 bits per heavy atom. The van der Waals surface area contributed by atoms with Crippen molar-refractivity contribution in [2.45, 2.75) is 26.4 Å². The first kappa shape index (κ1) is 14.0. The van der Waals surface area contributed by atoms with Gasteiger partial charge in [-0.3, -0.25) is 0 Å². The summed E-state index contributed by atoms with van der Waals surface area (Å²) < 4.78 is 5.10. The number of esters is 1. The van der Waals surface area contributed by atoms with Crippen molar-refractivity contribution in [3.05, 3.63) is 41.5 Å². The lowest BCUT2D eigenvalue weighted by atomic mass is 10.1. The van der Waals surface area contributed by atoms with E-state index in [1.165, 1.54) is 24.3 Å². The summed E-state index contributed by atoms with van der Waals surface area (Å²) in [4.78, 5) is 22.2. The van der Waals surface area contributed by atoms with Crippen molar-refractivity contribution in [3.63, 3.8) is 0 Å². The zero-order valence-corrected chi connectivity index (χ0v) is 10.6. The van der Waals surface area contributed by atoms with Crippen molar-refractivity contribution < 1.29 is 19.4 Å². The topological polar surface area (TPSA) is 63.6 Å². The molecule has 0 saturated carbocycles. The van der Waals surface area contributed by atoms with Gasteiger partial charge in [-0.15, -0.1) is 0 Å². The number of carboxylic acids is 1. The fraction of sp³-hybridized carbons (Fsp3) is 0.286. The summed E-state index contributed by atoms with van der Waals surface area (Å²) in [5.41, 5.74) is 0.284. The van der Waals surface area contributed by atoms with Crippen molar-refractivity contribution in [1.29, 1.82) is 0 Å². The summed E-state index contributed by atoms with van der Waals surface area (Å²) >= 11 is 0. The third-order valence-corrected chi connectivity index (χ3v) is 1.95. The maximum Gasteiger partial charge on any atom is 0.335 e. The number of hydrogen-bond acceptors (Lipinski definition) is 3. The van der Waals surface area contributed by atoms with E-state index in [9.17, 15) is 9.59 Å². The number of benzene rings is 1. The molecule has 1 rings (SSSR count). The van der Waals surface area contributed by atoms with E-state index in [-0.39, 0.29) is 5.56 Å². The quantitative estimate of drug-likeness (QED) is 0.660. The van der Waals surface area contributed by atoms with Crippen LogP contribution in [-0.2, 0) is 9.53 Å². The second-order valence-electron chi connectivity index (χ2n) is 4.80. The molecule has 0 fully saturated rings. The fourth-order valence-corrected chi connectivity index (χ4v) is 1.28.